The number of aromatic nitrogens is 3. The largest absolute Gasteiger partial charge is 0.283 e. The smallest absolute Gasteiger partial charge is 0.262 e. The van der Waals surface area contributed by atoms with E-state index in [1.54, 1.807) is 34.9 Å². The van der Waals surface area contributed by atoms with E-state index in [9.17, 15) is 9.59 Å². The van der Waals surface area contributed by atoms with Gasteiger partial charge in [-0.1, -0.05) is 47.6 Å². The summed E-state index contributed by atoms with van der Waals surface area (Å²) in [7, 11) is 0. The maximum atomic E-state index is 12.9. The molecule has 1 amide bonds. The predicted octanol–water partition coefficient (Wildman–Crippen LogP) is 5.67. The highest BCUT2D eigenvalue weighted by molar-refractivity contribution is 7.98. The number of hydrogen-bond donors (Lipinski definition) is 0. The molecule has 0 aliphatic carbocycles. The third-order valence-corrected chi connectivity index (χ3v) is 6.72. The minimum atomic E-state index is -0.156. The van der Waals surface area contributed by atoms with Crippen LogP contribution in [0.4, 0.5) is 10.8 Å². The standard InChI is InChI=1S/C23H19ClN4O2S2/c1-3-11-27-21(30)19-9-4-5-10-20(19)26-22(27)31-13-17-14-32-23(25-17)28(15(2)29)18-8-6-7-16(24)12-18/h3-10,12,14H,1,11,13H2,2H3. The Morgan fingerprint density at radius 1 is 1.25 bits per heavy atom. The van der Waals surface area contributed by atoms with Gasteiger partial charge in [-0.05, 0) is 30.3 Å². The summed E-state index contributed by atoms with van der Waals surface area (Å²) in [4.78, 5) is 36.1. The quantitative estimate of drug-likeness (QED) is 0.193. The third kappa shape index (κ3) is 4.62. The Bertz CT molecular complexity index is 1370. The van der Waals surface area contributed by atoms with Gasteiger partial charge in [0.25, 0.3) is 5.56 Å². The first kappa shape index (κ1) is 22.3. The summed E-state index contributed by atoms with van der Waals surface area (Å²) in [5.41, 5.74) is 2.01. The molecule has 0 aliphatic heterocycles. The number of carbonyl (C=O) groups excluding carboxylic acids is 1. The molecule has 162 valence electrons. The number of thiazole rings is 1. The molecule has 0 bridgehead atoms. The first-order chi connectivity index (χ1) is 15.5. The van der Waals surface area contributed by atoms with E-state index >= 15 is 0 Å². The molecule has 4 rings (SSSR count). The molecular formula is C23H19ClN4O2S2. The second kappa shape index (κ2) is 9.68. The number of carbonyl (C=O) groups is 1. The zero-order valence-corrected chi connectivity index (χ0v) is 19.6. The number of nitrogens with zero attached hydrogens (tertiary/aromatic N) is 4. The van der Waals surface area contributed by atoms with Crippen molar-refractivity contribution in [2.45, 2.75) is 24.4 Å². The number of thioether (sulfide) groups is 1. The Morgan fingerprint density at radius 3 is 2.81 bits per heavy atom. The molecule has 4 aromatic rings. The van der Waals surface area contributed by atoms with Crippen LogP contribution < -0.4 is 10.5 Å². The van der Waals surface area contributed by atoms with Crippen molar-refractivity contribution in [1.29, 1.82) is 0 Å². The number of hydrogen-bond acceptors (Lipinski definition) is 6. The Hall–Kier alpha value is -2.94. The van der Waals surface area contributed by atoms with Gasteiger partial charge in [0.15, 0.2) is 10.3 Å². The van der Waals surface area contributed by atoms with Gasteiger partial charge in [-0.25, -0.2) is 9.97 Å². The molecular weight excluding hydrogens is 464 g/mol. The minimum absolute atomic E-state index is 0.0966. The number of fused-ring (bicyclic) bond motifs is 1. The van der Waals surface area contributed by atoms with Crippen LogP contribution in [0.2, 0.25) is 5.02 Å². The van der Waals surface area contributed by atoms with E-state index in [0.29, 0.717) is 44.2 Å². The van der Waals surface area contributed by atoms with Crippen LogP contribution in [0.25, 0.3) is 10.9 Å². The van der Waals surface area contributed by atoms with E-state index in [1.807, 2.05) is 29.6 Å². The molecule has 2 heterocycles. The van der Waals surface area contributed by atoms with Gasteiger partial charge < -0.3 is 0 Å². The van der Waals surface area contributed by atoms with E-state index in [1.165, 1.54) is 34.9 Å². The summed E-state index contributed by atoms with van der Waals surface area (Å²) in [5.74, 6) is 0.344. The fraction of sp³-hybridized carbons (Fsp3) is 0.130. The SMILES string of the molecule is C=CCn1c(SCc2csc(N(C(C)=O)c3cccc(Cl)c3)n2)nc2ccccc2c1=O. The molecule has 0 atom stereocenters. The highest BCUT2D eigenvalue weighted by atomic mass is 35.5. The molecule has 0 saturated heterocycles. The number of anilines is 2. The molecule has 0 unspecified atom stereocenters. The lowest BCUT2D eigenvalue weighted by molar-refractivity contribution is -0.115. The summed E-state index contributed by atoms with van der Waals surface area (Å²) in [6, 6.07) is 14.4. The van der Waals surface area contributed by atoms with Crippen molar-refractivity contribution in [2.75, 3.05) is 4.90 Å². The molecule has 0 spiro atoms. The first-order valence-electron chi connectivity index (χ1n) is 9.72. The zero-order valence-electron chi connectivity index (χ0n) is 17.2. The summed E-state index contributed by atoms with van der Waals surface area (Å²) >= 11 is 8.90. The van der Waals surface area contributed by atoms with Crippen molar-refractivity contribution >= 4 is 62.3 Å². The van der Waals surface area contributed by atoms with Gasteiger partial charge >= 0.3 is 0 Å². The maximum absolute atomic E-state index is 12.9. The lowest BCUT2D eigenvalue weighted by Crippen LogP contribution is -2.23. The van der Waals surface area contributed by atoms with Gasteiger partial charge in [-0.2, -0.15) is 0 Å². The highest BCUT2D eigenvalue weighted by Gasteiger charge is 2.19. The predicted molar refractivity (Wildman–Crippen MR) is 132 cm³/mol. The minimum Gasteiger partial charge on any atom is -0.283 e. The third-order valence-electron chi connectivity index (χ3n) is 4.60. The Morgan fingerprint density at radius 2 is 2.06 bits per heavy atom. The number of halogens is 1. The van der Waals surface area contributed by atoms with Crippen molar-refractivity contribution in [2.24, 2.45) is 0 Å². The van der Waals surface area contributed by atoms with Crippen molar-refractivity contribution in [3.8, 4) is 0 Å². The van der Waals surface area contributed by atoms with Crippen LogP contribution in [0.1, 0.15) is 12.6 Å². The average Bonchev–Trinajstić information content (AvgIpc) is 3.23. The number of amides is 1. The summed E-state index contributed by atoms with van der Waals surface area (Å²) in [6.07, 6.45) is 1.68. The molecule has 0 radical (unpaired) electrons. The fourth-order valence-electron chi connectivity index (χ4n) is 3.19. The van der Waals surface area contributed by atoms with Crippen LogP contribution in [0.5, 0.6) is 0 Å². The van der Waals surface area contributed by atoms with Gasteiger partial charge in [-0.15, -0.1) is 17.9 Å². The van der Waals surface area contributed by atoms with Crippen molar-refractivity contribution in [3.05, 3.63) is 87.6 Å². The summed E-state index contributed by atoms with van der Waals surface area (Å²) in [5, 5.41) is 4.18. The van der Waals surface area contributed by atoms with Crippen molar-refractivity contribution in [3.63, 3.8) is 0 Å². The second-order valence-corrected chi connectivity index (χ2v) is 9.08. The Labute approximate surface area is 198 Å². The molecule has 0 saturated carbocycles. The summed E-state index contributed by atoms with van der Waals surface area (Å²) < 4.78 is 1.61. The van der Waals surface area contributed by atoms with Crippen LogP contribution in [0.15, 0.2) is 76.5 Å². The number of allylic oxidation sites excluding steroid dienone is 1. The highest BCUT2D eigenvalue weighted by Crippen LogP contribution is 2.32. The zero-order chi connectivity index (χ0) is 22.7. The maximum Gasteiger partial charge on any atom is 0.262 e. The van der Waals surface area contributed by atoms with Crippen molar-refractivity contribution < 1.29 is 4.79 Å². The van der Waals surface area contributed by atoms with E-state index in [2.05, 4.69) is 16.5 Å². The molecule has 0 N–H and O–H groups in total. The number of rotatable bonds is 7. The lowest BCUT2D eigenvalue weighted by Gasteiger charge is -2.18. The van der Waals surface area contributed by atoms with Gasteiger partial charge in [0.1, 0.15) is 0 Å². The van der Waals surface area contributed by atoms with Crippen LogP contribution in [-0.4, -0.2) is 20.4 Å². The normalized spacial score (nSPS) is 10.9. The Kier molecular flexibility index (Phi) is 6.74. The molecule has 32 heavy (non-hydrogen) atoms. The molecule has 6 nitrogen and oxygen atoms in total. The fourth-order valence-corrected chi connectivity index (χ4v) is 5.27. The van der Waals surface area contributed by atoms with Crippen LogP contribution in [0, 0.1) is 0 Å². The van der Waals surface area contributed by atoms with Crippen LogP contribution in [-0.2, 0) is 17.1 Å². The van der Waals surface area contributed by atoms with E-state index in [-0.39, 0.29) is 11.5 Å². The van der Waals surface area contributed by atoms with Gasteiger partial charge in [0, 0.05) is 29.6 Å². The van der Waals surface area contributed by atoms with Crippen molar-refractivity contribution in [1.82, 2.24) is 14.5 Å². The number of benzene rings is 2. The van der Waals surface area contributed by atoms with E-state index < -0.39 is 0 Å². The Balaban J connectivity index is 1.61. The summed E-state index contributed by atoms with van der Waals surface area (Å²) in [6.45, 7) is 5.62. The van der Waals surface area contributed by atoms with E-state index in [0.717, 1.165) is 5.69 Å². The van der Waals surface area contributed by atoms with Crippen LogP contribution in [0.3, 0.4) is 0 Å². The van der Waals surface area contributed by atoms with E-state index in [4.69, 9.17) is 11.6 Å². The van der Waals surface area contributed by atoms with Crippen LogP contribution >= 0.6 is 34.7 Å². The molecule has 0 fully saturated rings. The van der Waals surface area contributed by atoms with Gasteiger partial charge in [0.2, 0.25) is 5.91 Å². The van der Waals surface area contributed by atoms with Gasteiger partial charge in [-0.3, -0.25) is 19.1 Å². The lowest BCUT2D eigenvalue weighted by atomic mass is 10.2. The monoisotopic (exact) mass is 482 g/mol. The van der Waals surface area contributed by atoms with Gasteiger partial charge in [0.05, 0.1) is 22.3 Å². The molecule has 9 heteroatoms. The second-order valence-electron chi connectivity index (χ2n) is 6.86. The molecule has 2 aromatic heterocycles. The molecule has 0 aliphatic rings. The topological polar surface area (TPSA) is 68.1 Å². The average molecular weight is 483 g/mol. The first-order valence-corrected chi connectivity index (χ1v) is 12.0. The molecule has 2 aromatic carbocycles. The number of para-hydroxylation sites is 1.